The molecular weight excluding hydrogens is 270 g/mol. The average Bonchev–Trinajstić information content (AvgIpc) is 2.97. The van der Waals surface area contributed by atoms with E-state index in [1.165, 1.54) is 11.3 Å². The lowest BCUT2D eigenvalue weighted by atomic mass is 10.2. The molecule has 0 atom stereocenters. The SMILES string of the molecule is COc1ccccc1Nc1nnc(-c2ccccc2)s1. The van der Waals surface area contributed by atoms with Crippen LogP contribution >= 0.6 is 11.3 Å². The summed E-state index contributed by atoms with van der Waals surface area (Å²) >= 11 is 1.51. The van der Waals surface area contributed by atoms with E-state index in [9.17, 15) is 0 Å². The summed E-state index contributed by atoms with van der Waals surface area (Å²) in [6.07, 6.45) is 0. The Bertz CT molecular complexity index is 697. The summed E-state index contributed by atoms with van der Waals surface area (Å²) < 4.78 is 5.30. The van der Waals surface area contributed by atoms with E-state index in [2.05, 4.69) is 15.5 Å². The van der Waals surface area contributed by atoms with Gasteiger partial charge < -0.3 is 10.1 Å². The van der Waals surface area contributed by atoms with E-state index in [1.54, 1.807) is 7.11 Å². The largest absolute Gasteiger partial charge is 0.495 e. The lowest BCUT2D eigenvalue weighted by molar-refractivity contribution is 0.417. The van der Waals surface area contributed by atoms with Crippen molar-refractivity contribution >= 4 is 22.2 Å². The van der Waals surface area contributed by atoms with Gasteiger partial charge in [-0.25, -0.2) is 0 Å². The third-order valence-electron chi connectivity index (χ3n) is 2.79. The molecule has 0 aliphatic heterocycles. The minimum Gasteiger partial charge on any atom is -0.495 e. The van der Waals surface area contributed by atoms with Gasteiger partial charge in [-0.2, -0.15) is 0 Å². The summed E-state index contributed by atoms with van der Waals surface area (Å²) in [5, 5.41) is 13.2. The van der Waals surface area contributed by atoms with Gasteiger partial charge in [-0.3, -0.25) is 0 Å². The molecule has 5 heteroatoms. The molecule has 3 rings (SSSR count). The van der Waals surface area contributed by atoms with Crippen LogP contribution in [-0.2, 0) is 0 Å². The Hall–Kier alpha value is -2.40. The summed E-state index contributed by atoms with van der Waals surface area (Å²) in [5.74, 6) is 0.781. The number of methoxy groups -OCH3 is 1. The molecule has 3 aromatic rings. The average molecular weight is 283 g/mol. The van der Waals surface area contributed by atoms with E-state index >= 15 is 0 Å². The first-order valence-corrected chi connectivity index (χ1v) is 6.97. The van der Waals surface area contributed by atoms with Gasteiger partial charge in [0.2, 0.25) is 5.13 Å². The number of nitrogens with one attached hydrogen (secondary N) is 1. The van der Waals surface area contributed by atoms with Gasteiger partial charge in [0.15, 0.2) is 0 Å². The number of rotatable bonds is 4. The standard InChI is InChI=1S/C15H13N3OS/c1-19-13-10-6-5-9-12(13)16-15-18-17-14(20-15)11-7-3-2-4-8-11/h2-10H,1H3,(H,16,18). The van der Waals surface area contributed by atoms with Crippen LogP contribution in [0.1, 0.15) is 0 Å². The predicted octanol–water partition coefficient (Wildman–Crippen LogP) is 3.96. The van der Waals surface area contributed by atoms with Crippen molar-refractivity contribution in [3.8, 4) is 16.3 Å². The van der Waals surface area contributed by atoms with Crippen molar-refractivity contribution in [3.63, 3.8) is 0 Å². The van der Waals surface area contributed by atoms with Gasteiger partial charge in [-0.15, -0.1) is 10.2 Å². The third-order valence-corrected chi connectivity index (χ3v) is 3.68. The molecule has 1 heterocycles. The van der Waals surface area contributed by atoms with Gasteiger partial charge in [0.1, 0.15) is 10.8 Å². The highest BCUT2D eigenvalue weighted by molar-refractivity contribution is 7.18. The topological polar surface area (TPSA) is 47.0 Å². The van der Waals surface area contributed by atoms with Crippen LogP contribution in [0.3, 0.4) is 0 Å². The Morgan fingerprint density at radius 3 is 2.50 bits per heavy atom. The number of benzene rings is 2. The highest BCUT2D eigenvalue weighted by atomic mass is 32.1. The molecule has 0 aliphatic rings. The van der Waals surface area contributed by atoms with Crippen LogP contribution in [0.5, 0.6) is 5.75 Å². The number of hydrogen-bond donors (Lipinski definition) is 1. The maximum absolute atomic E-state index is 5.30. The van der Waals surface area contributed by atoms with Crippen LogP contribution in [0, 0.1) is 0 Å². The molecule has 0 saturated heterocycles. The van der Waals surface area contributed by atoms with Crippen molar-refractivity contribution in [3.05, 3.63) is 54.6 Å². The number of aromatic nitrogens is 2. The van der Waals surface area contributed by atoms with Gasteiger partial charge in [0.05, 0.1) is 12.8 Å². The first-order valence-electron chi connectivity index (χ1n) is 6.16. The van der Waals surface area contributed by atoms with Crippen molar-refractivity contribution in [2.75, 3.05) is 12.4 Å². The molecule has 1 N–H and O–H groups in total. The second-order valence-corrected chi connectivity index (χ2v) is 5.08. The molecule has 4 nitrogen and oxygen atoms in total. The molecule has 0 unspecified atom stereocenters. The van der Waals surface area contributed by atoms with Crippen molar-refractivity contribution in [1.82, 2.24) is 10.2 Å². The Morgan fingerprint density at radius 1 is 0.950 bits per heavy atom. The smallest absolute Gasteiger partial charge is 0.210 e. The fraction of sp³-hybridized carbons (Fsp3) is 0.0667. The third kappa shape index (κ3) is 2.62. The number of ether oxygens (including phenoxy) is 1. The van der Waals surface area contributed by atoms with E-state index in [4.69, 9.17) is 4.74 Å². The van der Waals surface area contributed by atoms with Crippen LogP contribution in [0.2, 0.25) is 0 Å². The predicted molar refractivity (Wildman–Crippen MR) is 81.6 cm³/mol. The van der Waals surface area contributed by atoms with Crippen molar-refractivity contribution in [2.45, 2.75) is 0 Å². The van der Waals surface area contributed by atoms with Gasteiger partial charge in [-0.05, 0) is 12.1 Å². The van der Waals surface area contributed by atoms with E-state index in [-0.39, 0.29) is 0 Å². The maximum Gasteiger partial charge on any atom is 0.210 e. The molecule has 0 aliphatic carbocycles. The van der Waals surface area contributed by atoms with E-state index in [0.717, 1.165) is 27.1 Å². The normalized spacial score (nSPS) is 10.2. The monoisotopic (exact) mass is 283 g/mol. The summed E-state index contributed by atoms with van der Waals surface area (Å²) in [6, 6.07) is 17.7. The lowest BCUT2D eigenvalue weighted by Crippen LogP contribution is -1.93. The quantitative estimate of drug-likeness (QED) is 0.787. The Labute approximate surface area is 121 Å². The number of anilines is 2. The van der Waals surface area contributed by atoms with Crippen LogP contribution in [0.15, 0.2) is 54.6 Å². The first kappa shape index (κ1) is 12.6. The molecule has 0 saturated carbocycles. The molecule has 20 heavy (non-hydrogen) atoms. The Kier molecular flexibility index (Phi) is 3.60. The molecule has 0 spiro atoms. The first-order chi connectivity index (χ1) is 9.86. The second-order valence-electron chi connectivity index (χ2n) is 4.10. The van der Waals surface area contributed by atoms with Crippen molar-refractivity contribution in [2.24, 2.45) is 0 Å². The summed E-state index contributed by atoms with van der Waals surface area (Å²) in [7, 11) is 1.65. The number of hydrogen-bond acceptors (Lipinski definition) is 5. The highest BCUT2D eigenvalue weighted by Crippen LogP contribution is 2.31. The highest BCUT2D eigenvalue weighted by Gasteiger charge is 2.08. The van der Waals surface area contributed by atoms with E-state index in [0.29, 0.717) is 0 Å². The van der Waals surface area contributed by atoms with Crippen LogP contribution in [0.25, 0.3) is 10.6 Å². The molecule has 100 valence electrons. The molecule has 0 radical (unpaired) electrons. The van der Waals surface area contributed by atoms with Gasteiger partial charge >= 0.3 is 0 Å². The summed E-state index contributed by atoms with van der Waals surface area (Å²) in [4.78, 5) is 0. The van der Waals surface area contributed by atoms with E-state index in [1.807, 2.05) is 54.6 Å². The van der Waals surface area contributed by atoms with Gasteiger partial charge in [0.25, 0.3) is 0 Å². The lowest BCUT2D eigenvalue weighted by Gasteiger charge is -2.07. The number of para-hydroxylation sites is 2. The zero-order valence-corrected chi connectivity index (χ0v) is 11.7. The zero-order valence-electron chi connectivity index (χ0n) is 10.9. The van der Waals surface area contributed by atoms with Crippen LogP contribution < -0.4 is 10.1 Å². The fourth-order valence-corrected chi connectivity index (χ4v) is 2.60. The molecular formula is C15H13N3OS. The summed E-state index contributed by atoms with van der Waals surface area (Å²) in [6.45, 7) is 0. The number of nitrogens with zero attached hydrogens (tertiary/aromatic N) is 2. The molecule has 0 amide bonds. The minimum absolute atomic E-state index is 0.744. The molecule has 1 aromatic heterocycles. The molecule has 0 bridgehead atoms. The van der Waals surface area contributed by atoms with E-state index < -0.39 is 0 Å². The second kappa shape index (κ2) is 5.71. The Balaban J connectivity index is 1.84. The van der Waals surface area contributed by atoms with Crippen LogP contribution in [0.4, 0.5) is 10.8 Å². The molecule has 2 aromatic carbocycles. The van der Waals surface area contributed by atoms with Gasteiger partial charge in [0, 0.05) is 5.56 Å². The Morgan fingerprint density at radius 2 is 1.70 bits per heavy atom. The van der Waals surface area contributed by atoms with Crippen molar-refractivity contribution in [1.29, 1.82) is 0 Å². The maximum atomic E-state index is 5.30. The summed E-state index contributed by atoms with van der Waals surface area (Å²) in [5.41, 5.74) is 1.95. The zero-order chi connectivity index (χ0) is 13.8. The molecule has 0 fully saturated rings. The minimum atomic E-state index is 0.744. The van der Waals surface area contributed by atoms with Gasteiger partial charge in [-0.1, -0.05) is 53.8 Å². The fourth-order valence-electron chi connectivity index (χ4n) is 1.83. The van der Waals surface area contributed by atoms with Crippen LogP contribution in [-0.4, -0.2) is 17.3 Å². The van der Waals surface area contributed by atoms with Crippen molar-refractivity contribution < 1.29 is 4.74 Å².